The van der Waals surface area contributed by atoms with Gasteiger partial charge in [-0.3, -0.25) is 0 Å². The Morgan fingerprint density at radius 3 is 2.68 bits per heavy atom. The molecule has 0 unspecified atom stereocenters. The monoisotopic (exact) mass is 276 g/mol. The molecule has 0 aliphatic heterocycles. The Bertz CT molecular complexity index is 572. The van der Waals surface area contributed by atoms with Gasteiger partial charge in [0.15, 0.2) is 0 Å². The van der Waals surface area contributed by atoms with Crippen molar-refractivity contribution in [3.05, 3.63) is 58.2 Å². The van der Waals surface area contributed by atoms with Crippen molar-refractivity contribution < 1.29 is 5.11 Å². The predicted molar refractivity (Wildman–Crippen MR) is 78.5 cm³/mol. The number of aromatic nitrogens is 1. The molecule has 0 fully saturated rings. The molecule has 0 amide bonds. The number of aliphatic hydroxyl groups excluding tert-OH is 1. The van der Waals surface area contributed by atoms with E-state index in [9.17, 15) is 5.11 Å². The fourth-order valence-electron chi connectivity index (χ4n) is 1.92. The number of rotatable bonds is 4. The Morgan fingerprint density at radius 2 is 2.00 bits per heavy atom. The van der Waals surface area contributed by atoms with Gasteiger partial charge in [-0.25, -0.2) is 4.98 Å². The predicted octanol–water partition coefficient (Wildman–Crippen LogP) is 3.17. The van der Waals surface area contributed by atoms with Gasteiger partial charge in [0.05, 0.1) is 11.6 Å². The number of aryl methyl sites for hydroxylation is 1. The third kappa shape index (κ3) is 3.25. The van der Waals surface area contributed by atoms with Gasteiger partial charge in [-0.1, -0.05) is 35.9 Å². The minimum absolute atomic E-state index is 0.0768. The molecule has 4 heteroatoms. The first-order valence-corrected chi connectivity index (χ1v) is 6.50. The molecule has 1 heterocycles. The van der Waals surface area contributed by atoms with Gasteiger partial charge in [-0.05, 0) is 24.1 Å². The maximum Gasteiger partial charge on any atom is 0.128 e. The van der Waals surface area contributed by atoms with E-state index in [1.54, 1.807) is 6.20 Å². The van der Waals surface area contributed by atoms with Crippen molar-refractivity contribution in [3.8, 4) is 0 Å². The summed E-state index contributed by atoms with van der Waals surface area (Å²) in [4.78, 5) is 6.34. The van der Waals surface area contributed by atoms with E-state index in [1.807, 2.05) is 30.1 Å². The molecule has 1 aromatic heterocycles. The summed E-state index contributed by atoms with van der Waals surface area (Å²) in [6.45, 7) is 2.79. The van der Waals surface area contributed by atoms with Crippen molar-refractivity contribution in [2.24, 2.45) is 0 Å². The van der Waals surface area contributed by atoms with Crippen LogP contribution in [0.1, 0.15) is 16.7 Å². The molecule has 3 nitrogen and oxygen atoms in total. The van der Waals surface area contributed by atoms with E-state index in [1.165, 1.54) is 11.1 Å². The lowest BCUT2D eigenvalue weighted by molar-refractivity contribution is 0.282. The summed E-state index contributed by atoms with van der Waals surface area (Å²) in [6.07, 6.45) is 1.58. The smallest absolute Gasteiger partial charge is 0.128 e. The van der Waals surface area contributed by atoms with Crippen LogP contribution in [-0.2, 0) is 13.2 Å². The van der Waals surface area contributed by atoms with Crippen LogP contribution in [0.4, 0.5) is 5.82 Å². The zero-order valence-corrected chi connectivity index (χ0v) is 11.9. The van der Waals surface area contributed by atoms with Crippen LogP contribution in [0.2, 0.25) is 5.02 Å². The zero-order chi connectivity index (χ0) is 13.8. The molecule has 2 aromatic rings. The summed E-state index contributed by atoms with van der Waals surface area (Å²) in [5, 5.41) is 9.72. The van der Waals surface area contributed by atoms with Crippen molar-refractivity contribution in [1.29, 1.82) is 0 Å². The number of benzene rings is 1. The van der Waals surface area contributed by atoms with E-state index in [0.29, 0.717) is 10.6 Å². The van der Waals surface area contributed by atoms with Crippen LogP contribution in [0.3, 0.4) is 0 Å². The minimum Gasteiger partial charge on any atom is -0.392 e. The first-order valence-electron chi connectivity index (χ1n) is 6.12. The highest BCUT2D eigenvalue weighted by molar-refractivity contribution is 6.31. The summed E-state index contributed by atoms with van der Waals surface area (Å²) in [6, 6.07) is 10.1. The Morgan fingerprint density at radius 1 is 1.26 bits per heavy atom. The second-order valence-electron chi connectivity index (χ2n) is 4.57. The number of aliphatic hydroxyl groups is 1. The molecular formula is C15H17ClN2O. The van der Waals surface area contributed by atoms with E-state index in [-0.39, 0.29) is 6.61 Å². The second kappa shape index (κ2) is 6.04. The first kappa shape index (κ1) is 13.8. The fourth-order valence-corrected chi connectivity index (χ4v) is 2.08. The van der Waals surface area contributed by atoms with E-state index in [2.05, 4.69) is 24.0 Å². The highest BCUT2D eigenvalue weighted by Crippen LogP contribution is 2.21. The molecule has 0 bridgehead atoms. The van der Waals surface area contributed by atoms with Crippen molar-refractivity contribution >= 4 is 17.4 Å². The number of hydrogen-bond donors (Lipinski definition) is 1. The van der Waals surface area contributed by atoms with Crippen LogP contribution in [0.5, 0.6) is 0 Å². The molecular weight excluding hydrogens is 260 g/mol. The Kier molecular flexibility index (Phi) is 4.40. The van der Waals surface area contributed by atoms with Gasteiger partial charge in [-0.2, -0.15) is 0 Å². The maximum atomic E-state index is 9.23. The van der Waals surface area contributed by atoms with Crippen LogP contribution in [0.15, 0.2) is 36.5 Å². The van der Waals surface area contributed by atoms with Crippen LogP contribution >= 0.6 is 11.6 Å². The van der Waals surface area contributed by atoms with E-state index < -0.39 is 0 Å². The zero-order valence-electron chi connectivity index (χ0n) is 11.1. The average molecular weight is 277 g/mol. The number of pyridine rings is 1. The lowest BCUT2D eigenvalue weighted by Gasteiger charge is -2.20. The van der Waals surface area contributed by atoms with E-state index in [0.717, 1.165) is 12.4 Å². The Hall–Kier alpha value is -1.58. The molecule has 100 valence electrons. The molecule has 0 atom stereocenters. The summed E-state index contributed by atoms with van der Waals surface area (Å²) in [5.74, 6) is 0.803. The lowest BCUT2D eigenvalue weighted by atomic mass is 10.1. The van der Waals surface area contributed by atoms with Gasteiger partial charge in [0.25, 0.3) is 0 Å². The van der Waals surface area contributed by atoms with Crippen LogP contribution in [-0.4, -0.2) is 17.1 Å². The number of halogens is 1. The summed E-state index contributed by atoms with van der Waals surface area (Å²) < 4.78 is 0. The topological polar surface area (TPSA) is 36.4 Å². The quantitative estimate of drug-likeness (QED) is 0.932. The molecule has 0 saturated carbocycles. The largest absolute Gasteiger partial charge is 0.392 e. The second-order valence-corrected chi connectivity index (χ2v) is 4.98. The summed E-state index contributed by atoms with van der Waals surface area (Å²) in [5.41, 5.74) is 3.21. The lowest BCUT2D eigenvalue weighted by Crippen LogP contribution is -2.18. The Labute approximate surface area is 118 Å². The van der Waals surface area contributed by atoms with Gasteiger partial charge >= 0.3 is 0 Å². The van der Waals surface area contributed by atoms with Crippen molar-refractivity contribution in [2.45, 2.75) is 20.1 Å². The van der Waals surface area contributed by atoms with Crippen LogP contribution < -0.4 is 4.90 Å². The fraction of sp³-hybridized carbons (Fsp3) is 0.267. The van der Waals surface area contributed by atoms with Gasteiger partial charge in [0.1, 0.15) is 5.82 Å². The van der Waals surface area contributed by atoms with Gasteiger partial charge < -0.3 is 10.0 Å². The van der Waals surface area contributed by atoms with Crippen molar-refractivity contribution in [1.82, 2.24) is 4.98 Å². The number of nitrogens with zero attached hydrogens (tertiary/aromatic N) is 2. The molecule has 19 heavy (non-hydrogen) atoms. The molecule has 1 N–H and O–H groups in total. The maximum absolute atomic E-state index is 9.23. The van der Waals surface area contributed by atoms with Crippen molar-refractivity contribution in [3.63, 3.8) is 0 Å². The highest BCUT2D eigenvalue weighted by atomic mass is 35.5. The molecule has 0 spiro atoms. The molecule has 0 radical (unpaired) electrons. The third-order valence-corrected chi connectivity index (χ3v) is 3.49. The average Bonchev–Trinajstić information content (AvgIpc) is 2.42. The SMILES string of the molecule is Cc1ccccc1CN(C)c1cc(CO)c(Cl)cn1. The number of hydrogen-bond acceptors (Lipinski definition) is 3. The summed E-state index contributed by atoms with van der Waals surface area (Å²) >= 11 is 5.95. The Balaban J connectivity index is 2.20. The van der Waals surface area contributed by atoms with Gasteiger partial charge in [0, 0.05) is 25.4 Å². The van der Waals surface area contributed by atoms with Crippen molar-refractivity contribution in [2.75, 3.05) is 11.9 Å². The standard InChI is InChI=1S/C15H17ClN2O/c1-11-5-3-4-6-12(11)9-18(2)15-7-13(10-19)14(16)8-17-15/h3-8,19H,9-10H2,1-2H3. The minimum atomic E-state index is -0.0768. The number of anilines is 1. The van der Waals surface area contributed by atoms with E-state index in [4.69, 9.17) is 11.6 Å². The normalized spacial score (nSPS) is 10.5. The van der Waals surface area contributed by atoms with E-state index >= 15 is 0 Å². The van der Waals surface area contributed by atoms with Gasteiger partial charge in [-0.15, -0.1) is 0 Å². The van der Waals surface area contributed by atoms with Crippen LogP contribution in [0.25, 0.3) is 0 Å². The summed E-state index contributed by atoms with van der Waals surface area (Å²) in [7, 11) is 1.98. The highest BCUT2D eigenvalue weighted by Gasteiger charge is 2.08. The molecule has 0 saturated heterocycles. The van der Waals surface area contributed by atoms with Gasteiger partial charge in [0.2, 0.25) is 0 Å². The van der Waals surface area contributed by atoms with Crippen LogP contribution in [0, 0.1) is 6.92 Å². The first-order chi connectivity index (χ1) is 9.11. The molecule has 0 aliphatic carbocycles. The molecule has 2 rings (SSSR count). The molecule has 1 aromatic carbocycles. The molecule has 0 aliphatic rings. The third-order valence-electron chi connectivity index (χ3n) is 3.15.